The molecular formula is C7H16N2. The molecule has 0 saturated carbocycles. The molecule has 0 radical (unpaired) electrons. The molecule has 9 heavy (non-hydrogen) atoms. The van der Waals surface area contributed by atoms with Gasteiger partial charge in [-0.1, -0.05) is 6.92 Å². The Labute approximate surface area is 57.4 Å². The lowest BCUT2D eigenvalue weighted by Crippen LogP contribution is -2.21. The van der Waals surface area contributed by atoms with Crippen molar-refractivity contribution in [2.75, 3.05) is 20.6 Å². The summed E-state index contributed by atoms with van der Waals surface area (Å²) in [5.74, 6) is 0.444. The quantitative estimate of drug-likeness (QED) is 0.566. The predicted molar refractivity (Wildman–Crippen MR) is 41.1 cm³/mol. The first kappa shape index (κ1) is 8.63. The van der Waals surface area contributed by atoms with E-state index in [0.29, 0.717) is 5.92 Å². The van der Waals surface area contributed by atoms with Crippen LogP contribution in [0.5, 0.6) is 0 Å². The van der Waals surface area contributed by atoms with Gasteiger partial charge in [-0.2, -0.15) is 0 Å². The van der Waals surface area contributed by atoms with Gasteiger partial charge >= 0.3 is 0 Å². The van der Waals surface area contributed by atoms with E-state index in [4.69, 9.17) is 5.41 Å². The molecule has 0 aromatic rings. The van der Waals surface area contributed by atoms with E-state index in [1.807, 2.05) is 14.1 Å². The van der Waals surface area contributed by atoms with Crippen LogP contribution < -0.4 is 0 Å². The van der Waals surface area contributed by atoms with Gasteiger partial charge in [-0.05, 0) is 26.7 Å². The Morgan fingerprint density at radius 3 is 2.22 bits per heavy atom. The summed E-state index contributed by atoms with van der Waals surface area (Å²) in [7, 11) is 4.07. The summed E-state index contributed by atoms with van der Waals surface area (Å²) >= 11 is 0. The fraction of sp³-hybridized carbons (Fsp3) is 0.857. The van der Waals surface area contributed by atoms with E-state index in [-0.39, 0.29) is 0 Å². The zero-order chi connectivity index (χ0) is 7.28. The van der Waals surface area contributed by atoms with Crippen LogP contribution in [-0.2, 0) is 0 Å². The molecule has 0 fully saturated rings. The van der Waals surface area contributed by atoms with Crippen LogP contribution in [0.3, 0.4) is 0 Å². The smallest absolute Gasteiger partial charge is 0.00599 e. The third kappa shape index (κ3) is 4.15. The Morgan fingerprint density at radius 2 is 2.11 bits per heavy atom. The highest BCUT2D eigenvalue weighted by atomic mass is 15.1. The molecule has 0 spiro atoms. The zero-order valence-corrected chi connectivity index (χ0v) is 6.52. The molecule has 0 aliphatic carbocycles. The van der Waals surface area contributed by atoms with Crippen LogP contribution >= 0.6 is 0 Å². The van der Waals surface area contributed by atoms with Gasteiger partial charge in [0.05, 0.1) is 0 Å². The van der Waals surface area contributed by atoms with Crippen LogP contribution in [0, 0.1) is 11.3 Å². The second-order valence-electron chi connectivity index (χ2n) is 2.60. The van der Waals surface area contributed by atoms with E-state index in [1.54, 1.807) is 0 Å². The normalized spacial score (nSPS) is 13.8. The van der Waals surface area contributed by atoms with Crippen molar-refractivity contribution in [1.82, 2.24) is 4.90 Å². The van der Waals surface area contributed by atoms with Gasteiger partial charge < -0.3 is 10.3 Å². The van der Waals surface area contributed by atoms with E-state index in [9.17, 15) is 0 Å². The molecule has 2 heteroatoms. The van der Waals surface area contributed by atoms with Gasteiger partial charge in [0, 0.05) is 12.5 Å². The molecule has 0 aliphatic heterocycles. The van der Waals surface area contributed by atoms with Gasteiger partial charge in [-0.25, -0.2) is 0 Å². The molecule has 0 rings (SSSR count). The third-order valence-electron chi connectivity index (χ3n) is 1.36. The minimum absolute atomic E-state index is 0.444. The summed E-state index contributed by atoms with van der Waals surface area (Å²) < 4.78 is 0. The first-order chi connectivity index (χ1) is 4.20. The SMILES string of the molecule is CC[C@H](C=N)CN(C)C. The lowest BCUT2D eigenvalue weighted by atomic mass is 10.1. The second kappa shape index (κ2) is 4.50. The Balaban J connectivity index is 3.42. The van der Waals surface area contributed by atoms with Crippen molar-refractivity contribution in [1.29, 1.82) is 5.41 Å². The van der Waals surface area contributed by atoms with Gasteiger partial charge in [-0.3, -0.25) is 0 Å². The Bertz CT molecular complexity index is 79.0. The van der Waals surface area contributed by atoms with E-state index >= 15 is 0 Å². The van der Waals surface area contributed by atoms with Crippen LogP contribution in [0.25, 0.3) is 0 Å². The number of hydrogen-bond donors (Lipinski definition) is 1. The molecule has 54 valence electrons. The molecular weight excluding hydrogens is 112 g/mol. The number of nitrogens with zero attached hydrogens (tertiary/aromatic N) is 1. The molecule has 0 unspecified atom stereocenters. The number of hydrogen-bond acceptors (Lipinski definition) is 2. The summed E-state index contributed by atoms with van der Waals surface area (Å²) in [6, 6.07) is 0. The van der Waals surface area contributed by atoms with Crippen molar-refractivity contribution < 1.29 is 0 Å². The Morgan fingerprint density at radius 1 is 1.56 bits per heavy atom. The largest absolute Gasteiger partial charge is 0.313 e. The number of rotatable bonds is 4. The minimum Gasteiger partial charge on any atom is -0.313 e. The Kier molecular flexibility index (Phi) is 4.32. The summed E-state index contributed by atoms with van der Waals surface area (Å²) in [4.78, 5) is 2.11. The highest BCUT2D eigenvalue weighted by Crippen LogP contribution is 1.98. The summed E-state index contributed by atoms with van der Waals surface area (Å²) in [6.07, 6.45) is 2.60. The maximum atomic E-state index is 7.00. The maximum absolute atomic E-state index is 7.00. The van der Waals surface area contributed by atoms with Crippen molar-refractivity contribution >= 4 is 6.21 Å². The minimum atomic E-state index is 0.444. The van der Waals surface area contributed by atoms with E-state index in [0.717, 1.165) is 13.0 Å². The zero-order valence-electron chi connectivity index (χ0n) is 6.52. The van der Waals surface area contributed by atoms with E-state index in [1.165, 1.54) is 6.21 Å². The van der Waals surface area contributed by atoms with Gasteiger partial charge in [0.2, 0.25) is 0 Å². The highest BCUT2D eigenvalue weighted by molar-refractivity contribution is 5.56. The van der Waals surface area contributed by atoms with Crippen molar-refractivity contribution in [2.24, 2.45) is 5.92 Å². The fourth-order valence-electron chi connectivity index (χ4n) is 0.769. The van der Waals surface area contributed by atoms with Crippen molar-refractivity contribution in [2.45, 2.75) is 13.3 Å². The fourth-order valence-corrected chi connectivity index (χ4v) is 0.769. The van der Waals surface area contributed by atoms with Gasteiger partial charge in [0.1, 0.15) is 0 Å². The highest BCUT2D eigenvalue weighted by Gasteiger charge is 2.01. The molecule has 0 aliphatic rings. The molecule has 0 saturated heterocycles. The molecule has 1 atom stereocenters. The molecule has 0 aromatic carbocycles. The van der Waals surface area contributed by atoms with E-state index in [2.05, 4.69) is 11.8 Å². The van der Waals surface area contributed by atoms with Crippen LogP contribution in [0.1, 0.15) is 13.3 Å². The average Bonchev–Trinajstić information content (AvgIpc) is 1.82. The summed E-state index contributed by atoms with van der Waals surface area (Å²) in [5.41, 5.74) is 0. The molecule has 0 heterocycles. The van der Waals surface area contributed by atoms with Crippen molar-refractivity contribution in [3.63, 3.8) is 0 Å². The van der Waals surface area contributed by atoms with Crippen LogP contribution in [-0.4, -0.2) is 31.8 Å². The number of nitrogens with one attached hydrogen (secondary N) is 1. The second-order valence-corrected chi connectivity index (χ2v) is 2.60. The first-order valence-corrected chi connectivity index (χ1v) is 3.36. The van der Waals surface area contributed by atoms with Crippen molar-refractivity contribution in [3.05, 3.63) is 0 Å². The molecule has 0 bridgehead atoms. The molecule has 1 N–H and O–H groups in total. The van der Waals surface area contributed by atoms with Crippen LogP contribution in [0.2, 0.25) is 0 Å². The predicted octanol–water partition coefficient (Wildman–Crippen LogP) is 1.22. The molecule has 2 nitrogen and oxygen atoms in total. The van der Waals surface area contributed by atoms with Gasteiger partial charge in [0.25, 0.3) is 0 Å². The lowest BCUT2D eigenvalue weighted by molar-refractivity contribution is 0.367. The summed E-state index contributed by atoms with van der Waals surface area (Å²) in [5, 5.41) is 7.00. The average molecular weight is 128 g/mol. The van der Waals surface area contributed by atoms with Crippen LogP contribution in [0.15, 0.2) is 0 Å². The first-order valence-electron chi connectivity index (χ1n) is 3.36. The van der Waals surface area contributed by atoms with Crippen molar-refractivity contribution in [3.8, 4) is 0 Å². The van der Waals surface area contributed by atoms with Gasteiger partial charge in [0.15, 0.2) is 0 Å². The standard InChI is InChI=1S/C7H16N2/c1-4-7(5-8)6-9(2)3/h5,7-8H,4,6H2,1-3H3/t7-/m1/s1. The molecule has 0 aromatic heterocycles. The van der Waals surface area contributed by atoms with E-state index < -0.39 is 0 Å². The summed E-state index contributed by atoms with van der Waals surface area (Å²) in [6.45, 7) is 3.11. The maximum Gasteiger partial charge on any atom is 0.00599 e. The Hall–Kier alpha value is -0.370. The molecule has 0 amide bonds. The topological polar surface area (TPSA) is 27.1 Å². The van der Waals surface area contributed by atoms with Crippen LogP contribution in [0.4, 0.5) is 0 Å². The lowest BCUT2D eigenvalue weighted by Gasteiger charge is -2.14. The monoisotopic (exact) mass is 128 g/mol. The van der Waals surface area contributed by atoms with Gasteiger partial charge in [-0.15, -0.1) is 0 Å². The third-order valence-corrected chi connectivity index (χ3v) is 1.36.